The molecule has 180 valence electrons. The molecule has 0 aromatic carbocycles. The summed E-state index contributed by atoms with van der Waals surface area (Å²) in [6, 6.07) is 0. The van der Waals surface area contributed by atoms with Crippen LogP contribution < -0.4 is 0 Å². The van der Waals surface area contributed by atoms with Crippen LogP contribution in [0.2, 0.25) is 0 Å². The quantitative estimate of drug-likeness (QED) is 0.440. The molecule has 5 saturated carbocycles. The molecule has 0 aromatic heterocycles. The molecule has 0 bridgehead atoms. The van der Waals surface area contributed by atoms with Crippen LogP contribution in [0.15, 0.2) is 0 Å². The van der Waals surface area contributed by atoms with Gasteiger partial charge in [0.2, 0.25) is 0 Å². The van der Waals surface area contributed by atoms with Crippen LogP contribution in [0, 0.1) is 56.7 Å². The molecule has 0 radical (unpaired) electrons. The first-order chi connectivity index (χ1) is 14.9. The van der Waals surface area contributed by atoms with Gasteiger partial charge in [-0.05, 0) is 103 Å². The lowest BCUT2D eigenvalue weighted by atomic mass is 9.42. The third-order valence-electron chi connectivity index (χ3n) is 13.1. The zero-order valence-corrected chi connectivity index (χ0v) is 22.0. The number of hydrogen-bond donors (Lipinski definition) is 0. The number of hydrogen-bond acceptors (Lipinski definition) is 2. The van der Waals surface area contributed by atoms with Crippen LogP contribution in [-0.2, 0) is 9.59 Å². The Bertz CT molecular complexity index is 825. The molecule has 5 fully saturated rings. The Hall–Kier alpha value is -0.660. The van der Waals surface area contributed by atoms with Crippen molar-refractivity contribution in [1.82, 2.24) is 0 Å². The number of Topliss-reactive ketones (excluding diaryl/α,β-unsaturated/α-hetero) is 2. The van der Waals surface area contributed by atoms with E-state index in [1.54, 1.807) is 0 Å². The van der Waals surface area contributed by atoms with Crippen molar-refractivity contribution in [2.45, 2.75) is 119 Å². The van der Waals surface area contributed by atoms with Gasteiger partial charge in [-0.15, -0.1) is 0 Å². The predicted octanol–water partition coefficient (Wildman–Crippen LogP) is 7.64. The fourth-order valence-electron chi connectivity index (χ4n) is 11.0. The zero-order chi connectivity index (χ0) is 23.3. The number of carbonyl (C=O) groups is 2. The number of fused-ring (bicyclic) bond motifs is 2. The van der Waals surface area contributed by atoms with Crippen molar-refractivity contribution in [3.63, 3.8) is 0 Å². The molecule has 5 rings (SSSR count). The lowest BCUT2D eigenvalue weighted by molar-refractivity contribution is -0.157. The minimum absolute atomic E-state index is 0.107. The van der Waals surface area contributed by atoms with Gasteiger partial charge in [0, 0.05) is 24.2 Å². The zero-order valence-electron chi connectivity index (χ0n) is 22.0. The molecule has 0 saturated heterocycles. The largest absolute Gasteiger partial charge is 0.299 e. The van der Waals surface area contributed by atoms with Crippen molar-refractivity contribution in [2.24, 2.45) is 56.7 Å². The smallest absolute Gasteiger partial charge is 0.138 e. The van der Waals surface area contributed by atoms with E-state index < -0.39 is 0 Å². The van der Waals surface area contributed by atoms with Crippen LogP contribution in [0.3, 0.4) is 0 Å². The van der Waals surface area contributed by atoms with E-state index in [1.165, 1.54) is 51.4 Å². The molecule has 0 aliphatic heterocycles. The highest BCUT2D eigenvalue weighted by Crippen LogP contribution is 2.88. The molecular formula is C30H48O2. The molecule has 2 nitrogen and oxygen atoms in total. The molecule has 0 amide bonds. The molecule has 8 atom stereocenters. The second-order valence-electron chi connectivity index (χ2n) is 14.4. The highest BCUT2D eigenvalue weighted by Gasteiger charge is 2.82. The maximum atomic E-state index is 12.8. The van der Waals surface area contributed by atoms with Gasteiger partial charge < -0.3 is 0 Å². The van der Waals surface area contributed by atoms with Gasteiger partial charge in [-0.3, -0.25) is 9.59 Å². The lowest BCUT2D eigenvalue weighted by Crippen LogP contribution is -2.57. The second-order valence-corrected chi connectivity index (χ2v) is 14.4. The molecule has 32 heavy (non-hydrogen) atoms. The maximum absolute atomic E-state index is 12.8. The summed E-state index contributed by atoms with van der Waals surface area (Å²) < 4.78 is 0. The average Bonchev–Trinajstić information content (AvgIpc) is 3.31. The minimum atomic E-state index is -0.107. The number of carbonyl (C=O) groups excluding carboxylic acids is 2. The number of ketones is 2. The molecule has 0 aromatic rings. The fraction of sp³-hybridized carbons (Fsp3) is 0.933. The van der Waals surface area contributed by atoms with E-state index in [0.29, 0.717) is 45.1 Å². The molecule has 5 aliphatic carbocycles. The maximum Gasteiger partial charge on any atom is 0.138 e. The highest BCUT2D eigenvalue weighted by atomic mass is 16.1. The van der Waals surface area contributed by atoms with Gasteiger partial charge in [0.15, 0.2) is 0 Å². The molecule has 2 heteroatoms. The van der Waals surface area contributed by atoms with Crippen molar-refractivity contribution in [2.75, 3.05) is 0 Å². The first-order valence-electron chi connectivity index (χ1n) is 13.9. The van der Waals surface area contributed by atoms with Gasteiger partial charge in [0.05, 0.1) is 0 Å². The van der Waals surface area contributed by atoms with Gasteiger partial charge in [-0.25, -0.2) is 0 Å². The summed E-state index contributed by atoms with van der Waals surface area (Å²) in [6.07, 6.45) is 13.4. The lowest BCUT2D eigenvalue weighted by Gasteiger charge is -2.62. The summed E-state index contributed by atoms with van der Waals surface area (Å²) in [4.78, 5) is 25.1. The van der Waals surface area contributed by atoms with Gasteiger partial charge in [0.1, 0.15) is 11.6 Å². The van der Waals surface area contributed by atoms with Crippen LogP contribution in [0.1, 0.15) is 119 Å². The number of rotatable bonds is 5. The fourth-order valence-corrected chi connectivity index (χ4v) is 11.0. The van der Waals surface area contributed by atoms with Crippen LogP contribution in [0.5, 0.6) is 0 Å². The summed E-state index contributed by atoms with van der Waals surface area (Å²) in [7, 11) is 0. The molecule has 0 N–H and O–H groups in total. The van der Waals surface area contributed by atoms with E-state index in [0.717, 1.165) is 31.1 Å². The van der Waals surface area contributed by atoms with E-state index in [4.69, 9.17) is 0 Å². The van der Waals surface area contributed by atoms with E-state index in [1.807, 2.05) is 13.8 Å². The van der Waals surface area contributed by atoms with Crippen molar-refractivity contribution >= 4 is 11.6 Å². The molecule has 0 unspecified atom stereocenters. The standard InChI is InChI=1S/C30H48O2/c1-19(2)22(31)9-8-20(3)21-12-14-28(7)24-11-10-23-26(4,5)25(32)13-15-29(23)18-30(24,29)17-16-27(21,28)6/h19-21,23-24H,8-18H2,1-7H3/t20-,21-,23-,24+,27-,28+,29-,30+/m1/s1. The molecule has 5 aliphatic rings. The Morgan fingerprint density at radius 1 is 0.875 bits per heavy atom. The summed E-state index contributed by atoms with van der Waals surface area (Å²) in [5, 5.41) is 0. The summed E-state index contributed by atoms with van der Waals surface area (Å²) in [5.41, 5.74) is 1.76. The summed E-state index contributed by atoms with van der Waals surface area (Å²) in [5.74, 6) is 4.04. The van der Waals surface area contributed by atoms with Crippen LogP contribution >= 0.6 is 0 Å². The average molecular weight is 441 g/mol. The highest BCUT2D eigenvalue weighted by molar-refractivity contribution is 5.86. The van der Waals surface area contributed by atoms with E-state index in [-0.39, 0.29) is 11.3 Å². The Labute approximate surface area is 197 Å². The molecule has 0 heterocycles. The van der Waals surface area contributed by atoms with Crippen molar-refractivity contribution in [1.29, 1.82) is 0 Å². The Balaban J connectivity index is 1.39. The van der Waals surface area contributed by atoms with Crippen LogP contribution in [0.4, 0.5) is 0 Å². The Morgan fingerprint density at radius 3 is 2.22 bits per heavy atom. The first-order valence-corrected chi connectivity index (χ1v) is 13.9. The SMILES string of the molecule is CC(C)C(=O)CC[C@@H](C)[C@H]1CC[C@@]2(C)[C@@H]3CC[C@@H]4C(C)(C)C(=O)CC[C@@]45C[C@@]35CC[C@]12C. The summed E-state index contributed by atoms with van der Waals surface area (Å²) in [6.45, 7) is 16.4. The second kappa shape index (κ2) is 6.94. The normalized spacial score (nSPS) is 49.6. The van der Waals surface area contributed by atoms with Crippen molar-refractivity contribution in [3.05, 3.63) is 0 Å². The van der Waals surface area contributed by atoms with E-state index in [2.05, 4.69) is 34.6 Å². The van der Waals surface area contributed by atoms with Gasteiger partial charge in [0.25, 0.3) is 0 Å². The Kier molecular flexibility index (Phi) is 5.01. The van der Waals surface area contributed by atoms with Crippen LogP contribution in [-0.4, -0.2) is 11.6 Å². The summed E-state index contributed by atoms with van der Waals surface area (Å²) >= 11 is 0. The Morgan fingerprint density at radius 2 is 1.53 bits per heavy atom. The van der Waals surface area contributed by atoms with Crippen molar-refractivity contribution in [3.8, 4) is 0 Å². The van der Waals surface area contributed by atoms with E-state index in [9.17, 15) is 9.59 Å². The third-order valence-corrected chi connectivity index (χ3v) is 13.1. The van der Waals surface area contributed by atoms with Crippen LogP contribution in [0.25, 0.3) is 0 Å². The minimum Gasteiger partial charge on any atom is -0.299 e. The van der Waals surface area contributed by atoms with Gasteiger partial charge in [-0.1, -0.05) is 48.5 Å². The molecule has 2 spiro atoms. The van der Waals surface area contributed by atoms with Crippen molar-refractivity contribution < 1.29 is 9.59 Å². The predicted molar refractivity (Wildman–Crippen MR) is 130 cm³/mol. The first kappa shape index (κ1) is 23.1. The van der Waals surface area contributed by atoms with Gasteiger partial charge >= 0.3 is 0 Å². The third kappa shape index (κ3) is 2.65. The monoisotopic (exact) mass is 440 g/mol. The van der Waals surface area contributed by atoms with Gasteiger partial charge in [-0.2, -0.15) is 0 Å². The topological polar surface area (TPSA) is 34.1 Å². The van der Waals surface area contributed by atoms with E-state index >= 15 is 0 Å². The molecular weight excluding hydrogens is 392 g/mol.